The van der Waals surface area contributed by atoms with Gasteiger partial charge in [0.2, 0.25) is 11.8 Å². The van der Waals surface area contributed by atoms with Gasteiger partial charge in [-0.2, -0.15) is 0 Å². The first kappa shape index (κ1) is 21.5. The summed E-state index contributed by atoms with van der Waals surface area (Å²) >= 11 is 7.47. The van der Waals surface area contributed by atoms with Crippen LogP contribution < -0.4 is 15.0 Å². The molecule has 1 aliphatic rings. The van der Waals surface area contributed by atoms with Crippen molar-refractivity contribution in [2.24, 2.45) is 5.41 Å². The van der Waals surface area contributed by atoms with E-state index in [1.165, 1.54) is 0 Å². The van der Waals surface area contributed by atoms with Crippen LogP contribution in [-0.2, 0) is 9.59 Å². The number of thioether (sulfide) groups is 1. The number of para-hydroxylation sites is 2. The van der Waals surface area contributed by atoms with Gasteiger partial charge in [-0.15, -0.1) is 23.4 Å². The Bertz CT molecular complexity index is 903. The number of carbonyl (C=O) groups excluding carboxylic acids is 2. The van der Waals surface area contributed by atoms with Gasteiger partial charge in [-0.05, 0) is 50.6 Å². The first-order valence-corrected chi connectivity index (χ1v) is 11.1. The number of halogens is 1. The summed E-state index contributed by atoms with van der Waals surface area (Å²) in [5.74, 6) is 1.20. The number of rotatable bonds is 7. The van der Waals surface area contributed by atoms with E-state index in [1.807, 2.05) is 55.5 Å². The lowest BCUT2D eigenvalue weighted by molar-refractivity contribution is -0.123. The Kier molecular flexibility index (Phi) is 6.75. The second kappa shape index (κ2) is 9.09. The van der Waals surface area contributed by atoms with Gasteiger partial charge in [0.05, 0.1) is 23.5 Å². The fraction of sp³-hybridized carbons (Fsp3) is 0.364. The molecule has 0 aliphatic carbocycles. The van der Waals surface area contributed by atoms with Crippen LogP contribution in [0.4, 0.5) is 11.4 Å². The lowest BCUT2D eigenvalue weighted by atomic mass is 9.95. The molecule has 1 N–H and O–H groups in total. The van der Waals surface area contributed by atoms with Crippen LogP contribution in [0.15, 0.2) is 48.5 Å². The molecule has 0 aromatic heterocycles. The van der Waals surface area contributed by atoms with E-state index >= 15 is 0 Å². The Hall–Kier alpha value is -2.18. The van der Waals surface area contributed by atoms with E-state index in [2.05, 4.69) is 5.32 Å². The summed E-state index contributed by atoms with van der Waals surface area (Å²) < 4.78 is 5.74. The van der Waals surface area contributed by atoms with Crippen molar-refractivity contribution in [3.05, 3.63) is 54.1 Å². The highest BCUT2D eigenvalue weighted by Crippen LogP contribution is 2.45. The zero-order valence-electron chi connectivity index (χ0n) is 16.8. The van der Waals surface area contributed by atoms with Crippen LogP contribution in [0.2, 0.25) is 0 Å². The Morgan fingerprint density at radius 2 is 2.03 bits per heavy atom. The van der Waals surface area contributed by atoms with Gasteiger partial charge >= 0.3 is 0 Å². The van der Waals surface area contributed by atoms with Gasteiger partial charge in [0, 0.05) is 11.6 Å². The second-order valence-electron chi connectivity index (χ2n) is 7.42. The molecule has 2 amide bonds. The molecule has 1 heterocycles. The molecule has 2 aromatic rings. The number of hydrogen-bond donors (Lipinski definition) is 1. The molecule has 7 heteroatoms. The van der Waals surface area contributed by atoms with Crippen molar-refractivity contribution in [1.82, 2.24) is 0 Å². The molecule has 1 unspecified atom stereocenters. The standard InChI is InChI=1S/C22H25ClN2O3S/c1-4-28-18-11-6-5-10-17(18)25-19(26)13-29-20(25)15-8-7-9-16(12-15)24-21(27)22(2,3)14-23/h5-12,20H,4,13-14H2,1-3H3,(H,24,27). The van der Waals surface area contributed by atoms with Gasteiger partial charge in [-0.1, -0.05) is 24.3 Å². The van der Waals surface area contributed by atoms with Gasteiger partial charge in [0.25, 0.3) is 0 Å². The quantitative estimate of drug-likeness (QED) is 0.620. The minimum Gasteiger partial charge on any atom is -0.492 e. The summed E-state index contributed by atoms with van der Waals surface area (Å²) in [7, 11) is 0. The van der Waals surface area contributed by atoms with Gasteiger partial charge in [-0.3, -0.25) is 14.5 Å². The van der Waals surface area contributed by atoms with Gasteiger partial charge < -0.3 is 10.1 Å². The van der Waals surface area contributed by atoms with Gasteiger partial charge in [-0.25, -0.2) is 0 Å². The van der Waals surface area contributed by atoms with Crippen LogP contribution in [0.5, 0.6) is 5.75 Å². The highest BCUT2D eigenvalue weighted by molar-refractivity contribution is 8.00. The average Bonchev–Trinajstić information content (AvgIpc) is 3.10. The topological polar surface area (TPSA) is 58.6 Å². The molecular formula is C22H25ClN2O3S. The van der Waals surface area contributed by atoms with E-state index in [0.717, 1.165) is 11.3 Å². The first-order chi connectivity index (χ1) is 13.9. The summed E-state index contributed by atoms with van der Waals surface area (Å²) in [5, 5.41) is 2.74. The number of amides is 2. The molecule has 1 fully saturated rings. The van der Waals surface area contributed by atoms with Crippen molar-refractivity contribution in [1.29, 1.82) is 0 Å². The van der Waals surface area contributed by atoms with Crippen LogP contribution in [0.1, 0.15) is 31.7 Å². The molecule has 5 nitrogen and oxygen atoms in total. The maximum atomic E-state index is 12.7. The lowest BCUT2D eigenvalue weighted by Gasteiger charge is -2.27. The molecule has 2 aromatic carbocycles. The van der Waals surface area contributed by atoms with Crippen molar-refractivity contribution in [3.8, 4) is 5.75 Å². The second-order valence-corrected chi connectivity index (χ2v) is 8.76. The molecule has 0 saturated carbocycles. The number of nitrogens with zero attached hydrogens (tertiary/aromatic N) is 1. The summed E-state index contributed by atoms with van der Waals surface area (Å²) in [5.41, 5.74) is 1.71. The van der Waals surface area contributed by atoms with E-state index in [-0.39, 0.29) is 23.1 Å². The monoisotopic (exact) mass is 432 g/mol. The molecular weight excluding hydrogens is 408 g/mol. The van der Waals surface area contributed by atoms with E-state index < -0.39 is 5.41 Å². The molecule has 29 heavy (non-hydrogen) atoms. The number of nitrogens with one attached hydrogen (secondary N) is 1. The third kappa shape index (κ3) is 4.70. The third-order valence-electron chi connectivity index (χ3n) is 4.67. The van der Waals surface area contributed by atoms with Crippen molar-refractivity contribution in [3.63, 3.8) is 0 Å². The minimum absolute atomic E-state index is 0.0323. The molecule has 0 bridgehead atoms. The summed E-state index contributed by atoms with van der Waals surface area (Å²) in [6.45, 7) is 6.05. The number of benzene rings is 2. The molecule has 1 saturated heterocycles. The van der Waals surface area contributed by atoms with Crippen molar-refractivity contribution < 1.29 is 14.3 Å². The third-order valence-corrected chi connectivity index (χ3v) is 6.55. The van der Waals surface area contributed by atoms with Gasteiger partial charge in [0.15, 0.2) is 0 Å². The Balaban J connectivity index is 1.90. The fourth-order valence-corrected chi connectivity index (χ4v) is 4.28. The van der Waals surface area contributed by atoms with E-state index in [9.17, 15) is 9.59 Å². The maximum absolute atomic E-state index is 12.7. The fourth-order valence-electron chi connectivity index (χ4n) is 3.00. The predicted octanol–water partition coefficient (Wildman–Crippen LogP) is 5.07. The highest BCUT2D eigenvalue weighted by Gasteiger charge is 2.36. The van der Waals surface area contributed by atoms with E-state index in [0.29, 0.717) is 23.8 Å². The molecule has 3 rings (SSSR count). The van der Waals surface area contributed by atoms with E-state index in [4.69, 9.17) is 16.3 Å². The number of hydrogen-bond acceptors (Lipinski definition) is 4. The van der Waals surface area contributed by atoms with Crippen molar-refractivity contribution in [2.45, 2.75) is 26.1 Å². The SMILES string of the molecule is CCOc1ccccc1N1C(=O)CSC1c1cccc(NC(=O)C(C)(C)CCl)c1. The Morgan fingerprint density at radius 1 is 1.28 bits per heavy atom. The number of alkyl halides is 1. The van der Waals surface area contributed by atoms with Crippen LogP contribution >= 0.6 is 23.4 Å². The first-order valence-electron chi connectivity index (χ1n) is 9.50. The summed E-state index contributed by atoms with van der Waals surface area (Å²) in [6.07, 6.45) is 0. The molecule has 1 aliphatic heterocycles. The number of anilines is 2. The predicted molar refractivity (Wildman–Crippen MR) is 120 cm³/mol. The summed E-state index contributed by atoms with van der Waals surface area (Å²) in [6, 6.07) is 15.2. The Morgan fingerprint density at radius 3 is 2.76 bits per heavy atom. The maximum Gasteiger partial charge on any atom is 0.238 e. The zero-order chi connectivity index (χ0) is 21.0. The van der Waals surface area contributed by atoms with E-state index in [1.54, 1.807) is 30.5 Å². The molecule has 1 atom stereocenters. The number of ether oxygens (including phenoxy) is 1. The normalized spacial score (nSPS) is 16.8. The van der Waals surface area contributed by atoms with Crippen LogP contribution in [0, 0.1) is 5.41 Å². The molecule has 0 radical (unpaired) electrons. The smallest absolute Gasteiger partial charge is 0.238 e. The van der Waals surface area contributed by atoms with Crippen LogP contribution in [0.25, 0.3) is 0 Å². The largest absolute Gasteiger partial charge is 0.492 e. The van der Waals surface area contributed by atoms with Crippen LogP contribution in [0.3, 0.4) is 0 Å². The average molecular weight is 433 g/mol. The molecule has 154 valence electrons. The van der Waals surface area contributed by atoms with Crippen molar-refractivity contribution in [2.75, 3.05) is 28.5 Å². The Labute approximate surface area is 180 Å². The number of carbonyl (C=O) groups is 2. The zero-order valence-corrected chi connectivity index (χ0v) is 18.3. The van der Waals surface area contributed by atoms with Crippen molar-refractivity contribution >= 4 is 46.6 Å². The highest BCUT2D eigenvalue weighted by atomic mass is 35.5. The summed E-state index contributed by atoms with van der Waals surface area (Å²) in [4.78, 5) is 27.0. The van der Waals surface area contributed by atoms with Gasteiger partial charge in [0.1, 0.15) is 11.1 Å². The van der Waals surface area contributed by atoms with Crippen LogP contribution in [-0.4, -0.2) is 30.1 Å². The molecule has 0 spiro atoms. The lowest BCUT2D eigenvalue weighted by Crippen LogP contribution is -2.32. The minimum atomic E-state index is -0.669.